The second-order valence-electron chi connectivity index (χ2n) is 6.15. The van der Waals surface area contributed by atoms with Crippen molar-refractivity contribution in [3.63, 3.8) is 0 Å². The fourth-order valence-corrected chi connectivity index (χ4v) is 4.01. The molecule has 0 amide bonds. The minimum absolute atomic E-state index is 0.462. The van der Waals surface area contributed by atoms with E-state index in [0.717, 1.165) is 18.6 Å². The first kappa shape index (κ1) is 13.6. The smallest absolute Gasteiger partial charge is 0.119 e. The third kappa shape index (κ3) is 1.98. The topological polar surface area (TPSA) is 21.3 Å². The molecule has 0 saturated heterocycles. The average Bonchev–Trinajstić information content (AvgIpc) is 3.14. The predicted octanol–water partition coefficient (Wildman–Crippen LogP) is 4.08. The lowest BCUT2D eigenvalue weighted by atomic mass is 9.89. The first-order valence-corrected chi connectivity index (χ1v) is 7.95. The van der Waals surface area contributed by atoms with Crippen molar-refractivity contribution < 1.29 is 4.74 Å². The van der Waals surface area contributed by atoms with E-state index < -0.39 is 0 Å². The molecule has 0 spiro atoms. The minimum Gasteiger partial charge on any atom is -0.497 e. The molecule has 112 valence electrons. The lowest BCUT2D eigenvalue weighted by molar-refractivity contribution is 0.414. The molecule has 0 saturated carbocycles. The van der Waals surface area contributed by atoms with E-state index in [2.05, 4.69) is 60.9 Å². The van der Waals surface area contributed by atoms with Crippen LogP contribution < -0.4 is 10.1 Å². The number of methoxy groups -OCH3 is 1. The van der Waals surface area contributed by atoms with Crippen molar-refractivity contribution in [1.29, 1.82) is 0 Å². The van der Waals surface area contributed by atoms with Crippen molar-refractivity contribution in [3.05, 3.63) is 70.8 Å². The van der Waals surface area contributed by atoms with E-state index in [9.17, 15) is 0 Å². The van der Waals surface area contributed by atoms with Gasteiger partial charge in [0.1, 0.15) is 5.75 Å². The summed E-state index contributed by atoms with van der Waals surface area (Å²) in [6.07, 6.45) is 4.57. The average molecular weight is 291 g/mol. The molecule has 2 atom stereocenters. The molecule has 2 aromatic carbocycles. The van der Waals surface area contributed by atoms with E-state index in [4.69, 9.17) is 4.74 Å². The molecule has 22 heavy (non-hydrogen) atoms. The first-order chi connectivity index (χ1) is 10.8. The number of hydrogen-bond acceptors (Lipinski definition) is 2. The Kier molecular flexibility index (Phi) is 3.27. The highest BCUT2D eigenvalue weighted by molar-refractivity contribution is 5.79. The van der Waals surface area contributed by atoms with Crippen LogP contribution in [0, 0.1) is 0 Å². The first-order valence-electron chi connectivity index (χ1n) is 7.95. The van der Waals surface area contributed by atoms with Gasteiger partial charge in [-0.1, -0.05) is 36.4 Å². The monoisotopic (exact) mass is 291 g/mol. The van der Waals surface area contributed by atoms with Gasteiger partial charge in [0, 0.05) is 12.0 Å². The lowest BCUT2D eigenvalue weighted by Crippen LogP contribution is -2.13. The number of hydrogen-bond donors (Lipinski definition) is 1. The van der Waals surface area contributed by atoms with Gasteiger partial charge in [0.2, 0.25) is 0 Å². The maximum Gasteiger partial charge on any atom is 0.119 e. The van der Waals surface area contributed by atoms with Crippen LogP contribution in [-0.2, 0) is 6.42 Å². The molecule has 1 N–H and O–H groups in total. The number of benzene rings is 2. The molecule has 2 unspecified atom stereocenters. The molecule has 2 aliphatic carbocycles. The Morgan fingerprint density at radius 1 is 1.09 bits per heavy atom. The summed E-state index contributed by atoms with van der Waals surface area (Å²) in [4.78, 5) is 0. The Morgan fingerprint density at radius 2 is 1.91 bits per heavy atom. The van der Waals surface area contributed by atoms with Crippen LogP contribution in [-0.4, -0.2) is 14.2 Å². The van der Waals surface area contributed by atoms with Crippen LogP contribution in [0.5, 0.6) is 5.75 Å². The van der Waals surface area contributed by atoms with Crippen molar-refractivity contribution in [2.75, 3.05) is 14.2 Å². The molecular weight excluding hydrogens is 270 g/mol. The maximum absolute atomic E-state index is 5.36. The van der Waals surface area contributed by atoms with E-state index in [-0.39, 0.29) is 0 Å². The van der Waals surface area contributed by atoms with Gasteiger partial charge in [-0.15, -0.1) is 0 Å². The molecule has 2 aliphatic rings. The summed E-state index contributed by atoms with van der Waals surface area (Å²) in [5.41, 5.74) is 7.22. The van der Waals surface area contributed by atoms with Crippen molar-refractivity contribution >= 4 is 5.57 Å². The third-order valence-corrected chi connectivity index (χ3v) is 5.11. The highest BCUT2D eigenvalue weighted by atomic mass is 16.5. The summed E-state index contributed by atoms with van der Waals surface area (Å²) >= 11 is 0. The standard InChI is InChI=1S/C20H21NO/c1-21-20-12-19(16-5-3-4-6-18(16)20)17-9-7-13-11-14(22-2)8-10-15(13)17/h3-6,8-11,19-21H,7,12H2,1-2H3. The number of nitrogens with one attached hydrogen (secondary N) is 1. The van der Waals surface area contributed by atoms with Crippen LogP contribution in [0.1, 0.15) is 40.6 Å². The van der Waals surface area contributed by atoms with Crippen LogP contribution in [0.25, 0.3) is 5.57 Å². The molecule has 0 aliphatic heterocycles. The van der Waals surface area contributed by atoms with Gasteiger partial charge in [0.05, 0.1) is 7.11 Å². The van der Waals surface area contributed by atoms with Crippen molar-refractivity contribution in [2.24, 2.45) is 0 Å². The van der Waals surface area contributed by atoms with Crippen molar-refractivity contribution in [2.45, 2.75) is 24.8 Å². The molecule has 0 radical (unpaired) electrons. The van der Waals surface area contributed by atoms with Gasteiger partial charge < -0.3 is 10.1 Å². The summed E-state index contributed by atoms with van der Waals surface area (Å²) in [5.74, 6) is 1.46. The Morgan fingerprint density at radius 3 is 2.68 bits per heavy atom. The van der Waals surface area contributed by atoms with Crippen molar-refractivity contribution in [3.8, 4) is 5.75 Å². The molecule has 2 heteroatoms. The number of rotatable bonds is 3. The molecule has 2 aromatic rings. The Labute approximate surface area is 131 Å². The summed E-state index contributed by atoms with van der Waals surface area (Å²) in [5, 5.41) is 3.47. The SMILES string of the molecule is CNC1CC(C2=CCc3cc(OC)ccc32)c2ccccc21. The van der Waals surface area contributed by atoms with Gasteiger partial charge in [-0.05, 0) is 59.8 Å². The lowest BCUT2D eigenvalue weighted by Gasteiger charge is -2.16. The number of ether oxygens (including phenoxy) is 1. The van der Waals surface area contributed by atoms with Crippen LogP contribution in [0.4, 0.5) is 0 Å². The fourth-order valence-electron chi connectivity index (χ4n) is 4.01. The highest BCUT2D eigenvalue weighted by Crippen LogP contribution is 2.49. The molecule has 0 bridgehead atoms. The molecule has 4 rings (SSSR count). The normalized spacial score (nSPS) is 22.2. The zero-order chi connectivity index (χ0) is 15.1. The largest absolute Gasteiger partial charge is 0.497 e. The van der Waals surface area contributed by atoms with Gasteiger partial charge in [0.25, 0.3) is 0 Å². The van der Waals surface area contributed by atoms with Gasteiger partial charge in [-0.2, -0.15) is 0 Å². The minimum atomic E-state index is 0.462. The second-order valence-corrected chi connectivity index (χ2v) is 6.15. The third-order valence-electron chi connectivity index (χ3n) is 5.11. The van der Waals surface area contributed by atoms with Crippen LogP contribution in [0.3, 0.4) is 0 Å². The molecular formula is C20H21NO. The van der Waals surface area contributed by atoms with Gasteiger partial charge in [-0.3, -0.25) is 0 Å². The van der Waals surface area contributed by atoms with Gasteiger partial charge >= 0.3 is 0 Å². The van der Waals surface area contributed by atoms with Crippen LogP contribution in [0.2, 0.25) is 0 Å². The highest BCUT2D eigenvalue weighted by Gasteiger charge is 2.34. The molecule has 0 fully saturated rings. The second kappa shape index (κ2) is 5.29. The quantitative estimate of drug-likeness (QED) is 0.920. The number of fused-ring (bicyclic) bond motifs is 2. The van der Waals surface area contributed by atoms with Crippen LogP contribution >= 0.6 is 0 Å². The van der Waals surface area contributed by atoms with Crippen molar-refractivity contribution in [1.82, 2.24) is 5.32 Å². The summed E-state index contributed by atoms with van der Waals surface area (Å²) in [6, 6.07) is 15.8. The zero-order valence-corrected chi connectivity index (χ0v) is 13.1. The van der Waals surface area contributed by atoms with Gasteiger partial charge in [-0.25, -0.2) is 0 Å². The molecule has 0 aromatic heterocycles. The fraction of sp³-hybridized carbons (Fsp3) is 0.300. The van der Waals surface area contributed by atoms with E-state index in [0.29, 0.717) is 12.0 Å². The predicted molar refractivity (Wildman–Crippen MR) is 90.3 cm³/mol. The van der Waals surface area contributed by atoms with Crippen LogP contribution in [0.15, 0.2) is 48.5 Å². The Hall–Kier alpha value is -2.06. The van der Waals surface area contributed by atoms with E-state index in [1.54, 1.807) is 7.11 Å². The summed E-state index contributed by atoms with van der Waals surface area (Å²) < 4.78 is 5.36. The van der Waals surface area contributed by atoms with Gasteiger partial charge in [0.15, 0.2) is 0 Å². The molecule has 2 nitrogen and oxygen atoms in total. The zero-order valence-electron chi connectivity index (χ0n) is 13.1. The number of allylic oxidation sites excluding steroid dienone is 2. The Bertz CT molecular complexity index is 747. The summed E-state index contributed by atoms with van der Waals surface area (Å²) in [6.45, 7) is 0. The van der Waals surface area contributed by atoms with E-state index in [1.807, 2.05) is 0 Å². The van der Waals surface area contributed by atoms with E-state index >= 15 is 0 Å². The summed E-state index contributed by atoms with van der Waals surface area (Å²) in [7, 11) is 3.79. The van der Waals surface area contributed by atoms with E-state index in [1.165, 1.54) is 27.8 Å². The molecule has 0 heterocycles. The maximum atomic E-state index is 5.36. The Balaban J connectivity index is 1.74.